The number of carbonyl (C=O) groups excluding carboxylic acids is 2. The second-order valence-electron chi connectivity index (χ2n) is 4.47. The molecule has 1 atom stereocenters. The van der Waals surface area contributed by atoms with Gasteiger partial charge in [-0.05, 0) is 24.5 Å². The van der Waals surface area contributed by atoms with Crippen LogP contribution in [0.25, 0.3) is 0 Å². The van der Waals surface area contributed by atoms with Gasteiger partial charge in [0.25, 0.3) is 5.95 Å². The van der Waals surface area contributed by atoms with Gasteiger partial charge < -0.3 is 9.15 Å². The van der Waals surface area contributed by atoms with Crippen molar-refractivity contribution >= 4 is 11.8 Å². The minimum atomic E-state index is -0.736. The first-order chi connectivity index (χ1) is 9.25. The molecule has 0 fully saturated rings. The lowest BCUT2D eigenvalue weighted by molar-refractivity contribution is -0.138. The summed E-state index contributed by atoms with van der Waals surface area (Å²) in [5, 5.41) is 0. The Hall–Kier alpha value is -2.36. The Balaban J connectivity index is 1.80. The smallest absolute Gasteiger partial charge is 0.324 e. The van der Waals surface area contributed by atoms with Crippen LogP contribution in [-0.4, -0.2) is 11.8 Å². The van der Waals surface area contributed by atoms with Crippen LogP contribution in [0.4, 0.5) is 0 Å². The summed E-state index contributed by atoms with van der Waals surface area (Å²) in [5.74, 6) is -1.33. The number of esters is 1. The number of aryl methyl sites for hydroxylation is 1. The molecule has 0 N–H and O–H groups in total. The van der Waals surface area contributed by atoms with Crippen LogP contribution in [0, 0.1) is 5.92 Å². The molecule has 4 heteroatoms. The average Bonchev–Trinajstić information content (AvgIpc) is 2.92. The Bertz CT molecular complexity index is 613. The lowest BCUT2D eigenvalue weighted by Gasteiger charge is -2.21. The molecule has 0 aliphatic heterocycles. The number of carbonyl (C=O) groups is 2. The van der Waals surface area contributed by atoms with Crippen LogP contribution in [0.5, 0.6) is 5.95 Å². The summed E-state index contributed by atoms with van der Waals surface area (Å²) in [6.45, 7) is 0. The fourth-order valence-corrected chi connectivity index (χ4v) is 2.31. The molecule has 1 aliphatic rings. The van der Waals surface area contributed by atoms with Crippen molar-refractivity contribution in [2.24, 2.45) is 5.92 Å². The second kappa shape index (κ2) is 4.72. The largest absolute Gasteiger partial charge is 0.434 e. The first kappa shape index (κ1) is 11.7. The lowest BCUT2D eigenvalue weighted by atomic mass is 9.83. The Kier molecular flexibility index (Phi) is 2.91. The van der Waals surface area contributed by atoms with Gasteiger partial charge in [-0.2, -0.15) is 0 Å². The van der Waals surface area contributed by atoms with Gasteiger partial charge >= 0.3 is 5.97 Å². The first-order valence-electron chi connectivity index (χ1n) is 6.13. The number of benzene rings is 1. The summed E-state index contributed by atoms with van der Waals surface area (Å²) in [5.41, 5.74) is 1.62. The number of ether oxygens (including phenoxy) is 1. The van der Waals surface area contributed by atoms with Gasteiger partial charge in [0.05, 0.1) is 6.26 Å². The zero-order chi connectivity index (χ0) is 13.2. The zero-order valence-electron chi connectivity index (χ0n) is 10.2. The summed E-state index contributed by atoms with van der Waals surface area (Å²) in [7, 11) is 0. The van der Waals surface area contributed by atoms with Gasteiger partial charge in [0.2, 0.25) is 0 Å². The van der Waals surface area contributed by atoms with Gasteiger partial charge in [-0.25, -0.2) is 0 Å². The highest BCUT2D eigenvalue weighted by atomic mass is 16.6. The van der Waals surface area contributed by atoms with E-state index in [2.05, 4.69) is 0 Å². The fraction of sp³-hybridized carbons (Fsp3) is 0.200. The summed E-state index contributed by atoms with van der Waals surface area (Å²) < 4.78 is 10.00. The lowest BCUT2D eigenvalue weighted by Crippen LogP contribution is -2.32. The minimum absolute atomic E-state index is 0.122. The quantitative estimate of drug-likeness (QED) is 0.612. The highest BCUT2D eigenvalue weighted by molar-refractivity contribution is 6.10. The molecule has 2 aromatic rings. The van der Waals surface area contributed by atoms with Gasteiger partial charge in [0.15, 0.2) is 5.78 Å². The average molecular weight is 256 g/mol. The van der Waals surface area contributed by atoms with Crippen LogP contribution in [0.2, 0.25) is 0 Å². The van der Waals surface area contributed by atoms with E-state index in [1.54, 1.807) is 24.3 Å². The third-order valence-electron chi connectivity index (χ3n) is 3.28. The summed E-state index contributed by atoms with van der Waals surface area (Å²) >= 11 is 0. The van der Waals surface area contributed by atoms with Crippen LogP contribution >= 0.6 is 0 Å². The van der Waals surface area contributed by atoms with E-state index in [1.165, 1.54) is 6.26 Å². The highest BCUT2D eigenvalue weighted by Gasteiger charge is 2.34. The molecular formula is C15H12O4. The number of Topliss-reactive ketones (excluding diaryl/α,β-unsaturated/α-hetero) is 1. The molecule has 1 heterocycles. The summed E-state index contributed by atoms with van der Waals surface area (Å²) in [6, 6.07) is 10.5. The Labute approximate surface area is 110 Å². The molecule has 1 unspecified atom stereocenters. The molecule has 96 valence electrons. The molecule has 3 rings (SSSR count). The van der Waals surface area contributed by atoms with Crippen molar-refractivity contribution in [2.75, 3.05) is 0 Å². The van der Waals surface area contributed by atoms with Gasteiger partial charge in [0.1, 0.15) is 5.92 Å². The van der Waals surface area contributed by atoms with Crippen molar-refractivity contribution in [2.45, 2.75) is 12.8 Å². The third kappa shape index (κ3) is 2.17. The van der Waals surface area contributed by atoms with E-state index in [9.17, 15) is 9.59 Å². The van der Waals surface area contributed by atoms with Gasteiger partial charge in [0, 0.05) is 11.6 Å². The SMILES string of the molecule is O=C(Oc1ccco1)C1CCc2ccccc2C1=O. The molecule has 1 aliphatic carbocycles. The number of furan rings is 1. The van der Waals surface area contributed by atoms with Crippen LogP contribution < -0.4 is 4.74 Å². The van der Waals surface area contributed by atoms with Crippen molar-refractivity contribution < 1.29 is 18.7 Å². The molecule has 0 spiro atoms. The number of ketones is 1. The van der Waals surface area contributed by atoms with Gasteiger partial charge in [-0.3, -0.25) is 9.59 Å². The molecule has 1 aromatic heterocycles. The molecular weight excluding hydrogens is 244 g/mol. The highest BCUT2D eigenvalue weighted by Crippen LogP contribution is 2.27. The van der Waals surface area contributed by atoms with Crippen LogP contribution in [0.1, 0.15) is 22.3 Å². The van der Waals surface area contributed by atoms with Crippen LogP contribution in [0.15, 0.2) is 47.1 Å². The fourth-order valence-electron chi connectivity index (χ4n) is 2.31. The van der Waals surface area contributed by atoms with E-state index in [0.29, 0.717) is 18.4 Å². The van der Waals surface area contributed by atoms with E-state index < -0.39 is 11.9 Å². The van der Waals surface area contributed by atoms with Crippen molar-refractivity contribution in [1.29, 1.82) is 0 Å². The maximum atomic E-state index is 12.3. The van der Waals surface area contributed by atoms with Crippen molar-refractivity contribution in [3.63, 3.8) is 0 Å². The molecule has 0 radical (unpaired) electrons. The maximum Gasteiger partial charge on any atom is 0.324 e. The van der Waals surface area contributed by atoms with Gasteiger partial charge in [-0.1, -0.05) is 24.3 Å². The maximum absolute atomic E-state index is 12.3. The normalized spacial score (nSPS) is 17.9. The topological polar surface area (TPSA) is 56.5 Å². The predicted octanol–water partition coefficient (Wildman–Crippen LogP) is 2.63. The zero-order valence-corrected chi connectivity index (χ0v) is 10.2. The minimum Gasteiger partial charge on any atom is -0.434 e. The molecule has 1 aromatic carbocycles. The molecule has 0 amide bonds. The van der Waals surface area contributed by atoms with E-state index >= 15 is 0 Å². The van der Waals surface area contributed by atoms with E-state index in [-0.39, 0.29) is 11.7 Å². The Morgan fingerprint density at radius 3 is 2.84 bits per heavy atom. The molecule has 0 saturated carbocycles. The number of fused-ring (bicyclic) bond motifs is 1. The van der Waals surface area contributed by atoms with Crippen LogP contribution in [-0.2, 0) is 11.2 Å². The monoisotopic (exact) mass is 256 g/mol. The number of hydrogen-bond donors (Lipinski definition) is 0. The summed E-state index contributed by atoms with van der Waals surface area (Å²) in [4.78, 5) is 24.2. The van der Waals surface area contributed by atoms with Crippen LogP contribution in [0.3, 0.4) is 0 Å². The number of hydrogen-bond acceptors (Lipinski definition) is 4. The van der Waals surface area contributed by atoms with Crippen molar-refractivity contribution in [3.05, 3.63) is 53.8 Å². The Morgan fingerprint density at radius 2 is 2.05 bits per heavy atom. The standard InChI is InChI=1S/C15H12O4/c16-14-11-5-2-1-4-10(11)7-8-12(14)15(17)19-13-6-3-9-18-13/h1-6,9,12H,7-8H2. The molecule has 0 saturated heterocycles. The third-order valence-corrected chi connectivity index (χ3v) is 3.28. The van der Waals surface area contributed by atoms with Gasteiger partial charge in [-0.15, -0.1) is 0 Å². The van der Waals surface area contributed by atoms with Crippen molar-refractivity contribution in [1.82, 2.24) is 0 Å². The van der Waals surface area contributed by atoms with Crippen molar-refractivity contribution in [3.8, 4) is 5.95 Å². The predicted molar refractivity (Wildman–Crippen MR) is 66.9 cm³/mol. The van der Waals surface area contributed by atoms with E-state index in [4.69, 9.17) is 9.15 Å². The first-order valence-corrected chi connectivity index (χ1v) is 6.13. The molecule has 19 heavy (non-hydrogen) atoms. The molecule has 0 bridgehead atoms. The molecule has 4 nitrogen and oxygen atoms in total. The summed E-state index contributed by atoms with van der Waals surface area (Å²) in [6.07, 6.45) is 2.61. The Morgan fingerprint density at radius 1 is 1.21 bits per heavy atom. The van der Waals surface area contributed by atoms with E-state index in [0.717, 1.165) is 5.56 Å². The van der Waals surface area contributed by atoms with E-state index in [1.807, 2.05) is 12.1 Å². The number of rotatable bonds is 2. The second-order valence-corrected chi connectivity index (χ2v) is 4.47.